The number of halogens is 4. The van der Waals surface area contributed by atoms with Crippen LogP contribution in [0.15, 0.2) is 6.07 Å². The molecule has 84 valence electrons. The first-order chi connectivity index (χ1) is 7.02. The highest BCUT2D eigenvalue weighted by molar-refractivity contribution is 5.25. The van der Waals surface area contributed by atoms with Gasteiger partial charge in [-0.25, -0.2) is 17.6 Å². The van der Waals surface area contributed by atoms with Gasteiger partial charge in [-0.2, -0.15) is 0 Å². The summed E-state index contributed by atoms with van der Waals surface area (Å²) in [5.74, 6) is -7.73. The molecule has 0 aliphatic carbocycles. The van der Waals surface area contributed by atoms with Gasteiger partial charge in [0, 0.05) is 18.0 Å². The zero-order chi connectivity index (χ0) is 11.6. The summed E-state index contributed by atoms with van der Waals surface area (Å²) in [6.45, 7) is -0.768. The third-order valence-electron chi connectivity index (χ3n) is 2.08. The molecule has 0 aliphatic rings. The molecular formula is C9H9F4NO. The first kappa shape index (κ1) is 11.9. The molecule has 1 rings (SSSR count). The van der Waals surface area contributed by atoms with Gasteiger partial charge >= 0.3 is 0 Å². The second-order valence-electron chi connectivity index (χ2n) is 3.00. The van der Waals surface area contributed by atoms with E-state index in [0.717, 1.165) is 0 Å². The monoisotopic (exact) mass is 223 g/mol. The van der Waals surface area contributed by atoms with Crippen molar-refractivity contribution < 1.29 is 22.7 Å². The van der Waals surface area contributed by atoms with Gasteiger partial charge in [0.25, 0.3) is 0 Å². The van der Waals surface area contributed by atoms with Crippen LogP contribution in [0.1, 0.15) is 11.5 Å². The van der Waals surface area contributed by atoms with Crippen molar-refractivity contribution in [1.29, 1.82) is 0 Å². The summed E-state index contributed by atoms with van der Waals surface area (Å²) in [6.07, 6.45) is 0. The van der Waals surface area contributed by atoms with Crippen molar-refractivity contribution in [3.63, 3.8) is 0 Å². The summed E-state index contributed by atoms with van der Waals surface area (Å²) in [7, 11) is 0. The fraction of sp³-hybridized carbons (Fsp3) is 0.333. The van der Waals surface area contributed by atoms with Crippen molar-refractivity contribution in [2.75, 3.05) is 13.2 Å². The van der Waals surface area contributed by atoms with Gasteiger partial charge in [-0.05, 0) is 6.07 Å². The minimum atomic E-state index is -1.89. The van der Waals surface area contributed by atoms with Crippen LogP contribution in [-0.4, -0.2) is 18.3 Å². The Morgan fingerprint density at radius 1 is 1.13 bits per heavy atom. The Balaban J connectivity index is 3.31. The molecule has 1 aromatic rings. The quantitative estimate of drug-likeness (QED) is 0.460. The third-order valence-corrected chi connectivity index (χ3v) is 2.08. The van der Waals surface area contributed by atoms with Crippen molar-refractivity contribution in [1.82, 2.24) is 0 Å². The average Bonchev–Trinajstić information content (AvgIpc) is 2.24. The molecule has 1 unspecified atom stereocenters. The van der Waals surface area contributed by atoms with E-state index in [0.29, 0.717) is 6.07 Å². The van der Waals surface area contributed by atoms with Gasteiger partial charge in [0.1, 0.15) is 0 Å². The molecule has 15 heavy (non-hydrogen) atoms. The normalized spacial score (nSPS) is 12.9. The molecular weight excluding hydrogens is 214 g/mol. The van der Waals surface area contributed by atoms with Crippen molar-refractivity contribution in [3.05, 3.63) is 34.9 Å². The summed E-state index contributed by atoms with van der Waals surface area (Å²) in [6, 6.07) is 0.501. The van der Waals surface area contributed by atoms with Crippen LogP contribution in [0.25, 0.3) is 0 Å². The lowest BCUT2D eigenvalue weighted by Crippen LogP contribution is -2.18. The molecule has 3 N–H and O–H groups in total. The SMILES string of the molecule is NCC(CO)c1cc(F)c(F)c(F)c1F. The molecule has 0 aromatic heterocycles. The molecule has 1 atom stereocenters. The van der Waals surface area contributed by atoms with Gasteiger partial charge in [0.2, 0.25) is 0 Å². The Labute approximate surface area is 83.3 Å². The van der Waals surface area contributed by atoms with Gasteiger partial charge in [0.15, 0.2) is 23.3 Å². The van der Waals surface area contributed by atoms with Crippen LogP contribution in [0.2, 0.25) is 0 Å². The highest BCUT2D eigenvalue weighted by atomic mass is 19.2. The Bertz CT molecular complexity index is 366. The number of nitrogens with two attached hydrogens (primary N) is 1. The topological polar surface area (TPSA) is 46.2 Å². The van der Waals surface area contributed by atoms with E-state index in [2.05, 4.69) is 0 Å². The van der Waals surface area contributed by atoms with Crippen LogP contribution >= 0.6 is 0 Å². The van der Waals surface area contributed by atoms with Crippen molar-refractivity contribution in [3.8, 4) is 0 Å². The van der Waals surface area contributed by atoms with Gasteiger partial charge in [-0.15, -0.1) is 0 Å². The van der Waals surface area contributed by atoms with Gasteiger partial charge in [-0.1, -0.05) is 0 Å². The fourth-order valence-corrected chi connectivity index (χ4v) is 1.19. The number of hydrogen-bond acceptors (Lipinski definition) is 2. The maximum absolute atomic E-state index is 13.1. The highest BCUT2D eigenvalue weighted by Gasteiger charge is 2.22. The Morgan fingerprint density at radius 2 is 1.73 bits per heavy atom. The first-order valence-corrected chi connectivity index (χ1v) is 4.16. The lowest BCUT2D eigenvalue weighted by molar-refractivity contribution is 0.263. The lowest BCUT2D eigenvalue weighted by atomic mass is 9.99. The molecule has 0 saturated heterocycles. The smallest absolute Gasteiger partial charge is 0.197 e. The molecule has 0 bridgehead atoms. The number of aliphatic hydroxyl groups is 1. The summed E-state index contributed by atoms with van der Waals surface area (Å²) in [4.78, 5) is 0. The third kappa shape index (κ3) is 2.10. The van der Waals surface area contributed by atoms with Gasteiger partial charge in [0.05, 0.1) is 6.61 Å². The number of aliphatic hydroxyl groups excluding tert-OH is 1. The van der Waals surface area contributed by atoms with E-state index in [-0.39, 0.29) is 6.54 Å². The van der Waals surface area contributed by atoms with Crippen LogP contribution in [0.4, 0.5) is 17.6 Å². The van der Waals surface area contributed by atoms with Crippen molar-refractivity contribution >= 4 is 0 Å². The summed E-state index contributed by atoms with van der Waals surface area (Å²) >= 11 is 0. The minimum Gasteiger partial charge on any atom is -0.396 e. The number of hydrogen-bond donors (Lipinski definition) is 2. The predicted octanol–water partition coefficient (Wildman–Crippen LogP) is 1.28. The van der Waals surface area contributed by atoms with E-state index in [1.165, 1.54) is 0 Å². The second kappa shape index (κ2) is 4.59. The molecule has 6 heteroatoms. The van der Waals surface area contributed by atoms with Crippen LogP contribution in [0.5, 0.6) is 0 Å². The molecule has 0 aliphatic heterocycles. The molecule has 0 fully saturated rings. The molecule has 0 spiro atoms. The van der Waals surface area contributed by atoms with E-state index in [1.807, 2.05) is 0 Å². The molecule has 1 aromatic carbocycles. The zero-order valence-corrected chi connectivity index (χ0v) is 7.61. The standard InChI is InChI=1S/C9H9F4NO/c10-6-1-5(4(2-14)3-15)7(11)9(13)8(6)12/h1,4,15H,2-3,14H2. The Kier molecular flexibility index (Phi) is 3.65. The summed E-state index contributed by atoms with van der Waals surface area (Å²) < 4.78 is 51.2. The Hall–Kier alpha value is -1.14. The molecule has 2 nitrogen and oxygen atoms in total. The molecule has 0 amide bonds. The van der Waals surface area contributed by atoms with Crippen molar-refractivity contribution in [2.45, 2.75) is 5.92 Å². The largest absolute Gasteiger partial charge is 0.396 e. The van der Waals surface area contributed by atoms with Crippen LogP contribution in [-0.2, 0) is 0 Å². The van der Waals surface area contributed by atoms with E-state index in [4.69, 9.17) is 10.8 Å². The zero-order valence-electron chi connectivity index (χ0n) is 7.61. The predicted molar refractivity (Wildman–Crippen MR) is 45.2 cm³/mol. The number of rotatable bonds is 3. The highest BCUT2D eigenvalue weighted by Crippen LogP contribution is 2.24. The van der Waals surface area contributed by atoms with Gasteiger partial charge < -0.3 is 10.8 Å². The average molecular weight is 223 g/mol. The number of benzene rings is 1. The molecule has 0 saturated carbocycles. The fourth-order valence-electron chi connectivity index (χ4n) is 1.19. The summed E-state index contributed by atoms with van der Waals surface area (Å²) in [5, 5.41) is 8.77. The van der Waals surface area contributed by atoms with E-state index < -0.39 is 41.4 Å². The Morgan fingerprint density at radius 3 is 2.20 bits per heavy atom. The first-order valence-electron chi connectivity index (χ1n) is 4.16. The minimum absolute atomic E-state index is 0.196. The van der Waals surface area contributed by atoms with Crippen LogP contribution in [0, 0.1) is 23.3 Å². The van der Waals surface area contributed by atoms with Crippen LogP contribution in [0.3, 0.4) is 0 Å². The van der Waals surface area contributed by atoms with Crippen molar-refractivity contribution in [2.24, 2.45) is 5.73 Å². The molecule has 0 radical (unpaired) electrons. The molecule has 0 heterocycles. The lowest BCUT2D eigenvalue weighted by Gasteiger charge is -2.13. The summed E-state index contributed by atoms with van der Waals surface area (Å²) in [5.41, 5.74) is 4.70. The maximum atomic E-state index is 13.1. The second-order valence-corrected chi connectivity index (χ2v) is 3.00. The van der Waals surface area contributed by atoms with E-state index in [9.17, 15) is 17.6 Å². The van der Waals surface area contributed by atoms with E-state index in [1.54, 1.807) is 0 Å². The van der Waals surface area contributed by atoms with Gasteiger partial charge in [-0.3, -0.25) is 0 Å². The maximum Gasteiger partial charge on any atom is 0.197 e. The van der Waals surface area contributed by atoms with E-state index >= 15 is 0 Å². The van der Waals surface area contributed by atoms with Crippen LogP contribution < -0.4 is 5.73 Å².